The molecule has 0 bridgehead atoms. The van der Waals surface area contributed by atoms with Crippen LogP contribution in [0.5, 0.6) is 0 Å². The van der Waals surface area contributed by atoms with Gasteiger partial charge in [0.25, 0.3) is 5.91 Å². The second kappa shape index (κ2) is 7.46. The molecule has 3 N–H and O–H groups in total. The van der Waals surface area contributed by atoms with Crippen molar-refractivity contribution in [1.29, 1.82) is 0 Å². The third-order valence-corrected chi connectivity index (χ3v) is 5.43. The van der Waals surface area contributed by atoms with Crippen molar-refractivity contribution in [3.63, 3.8) is 0 Å². The van der Waals surface area contributed by atoms with Gasteiger partial charge < -0.3 is 24.7 Å². The molecular weight excluding hydrogens is 363 g/mol. The molecule has 1 fully saturated rings. The van der Waals surface area contributed by atoms with Crippen LogP contribution in [0.15, 0.2) is 36.7 Å². The van der Waals surface area contributed by atoms with E-state index >= 15 is 0 Å². The molecule has 4 atom stereocenters. The smallest absolute Gasteiger partial charge is 0.358 e. The predicted molar refractivity (Wildman–Crippen MR) is 88.5 cm³/mol. The molecule has 1 aromatic heterocycles. The zero-order valence-electron chi connectivity index (χ0n) is 13.5. The molecule has 138 valence electrons. The van der Waals surface area contributed by atoms with Gasteiger partial charge in [0.1, 0.15) is 12.6 Å². The molecule has 1 aliphatic heterocycles. The van der Waals surface area contributed by atoms with Gasteiger partial charge >= 0.3 is 7.60 Å². The number of primary amides is 1. The minimum atomic E-state index is -4.03. The Hall–Kier alpha value is -2.39. The number of carbonyl (C=O) groups is 2. The molecule has 3 rings (SSSR count). The third kappa shape index (κ3) is 3.88. The summed E-state index contributed by atoms with van der Waals surface area (Å²) in [6.45, 7) is -0.250. The maximum atomic E-state index is 12.3. The van der Waals surface area contributed by atoms with Crippen molar-refractivity contribution in [3.8, 4) is 0 Å². The fourth-order valence-corrected chi connectivity index (χ4v) is 3.66. The summed E-state index contributed by atoms with van der Waals surface area (Å²) in [4.78, 5) is 36.2. The van der Waals surface area contributed by atoms with Crippen molar-refractivity contribution in [1.82, 2.24) is 14.8 Å². The fourth-order valence-electron chi connectivity index (χ4n) is 2.61. The zero-order chi connectivity index (χ0) is 18.7. The van der Waals surface area contributed by atoms with E-state index in [0.29, 0.717) is 6.29 Å². The standard InChI is InChI=1S/C15H17N4O6P/c16-14(21)15-17-9-19(18-15)13-6-10(7-20)12(25-13)8-24-26(22,23)11-4-2-1-3-5-11/h1-5,7,9-10,12-13H,6,8H2,(H2,16,21)(H,22,23)/t10?,12-,13-/m1/s1. The van der Waals surface area contributed by atoms with Gasteiger partial charge in [-0.1, -0.05) is 18.2 Å². The van der Waals surface area contributed by atoms with Crippen LogP contribution >= 0.6 is 7.60 Å². The summed E-state index contributed by atoms with van der Waals surface area (Å²) in [5.41, 5.74) is 5.10. The number of nitrogens with zero attached hydrogens (tertiary/aromatic N) is 3. The average Bonchev–Trinajstić information content (AvgIpc) is 3.27. The molecule has 10 nitrogen and oxygen atoms in total. The van der Waals surface area contributed by atoms with Gasteiger partial charge in [-0.25, -0.2) is 9.67 Å². The minimum Gasteiger partial charge on any atom is -0.363 e. The maximum absolute atomic E-state index is 12.3. The molecule has 0 spiro atoms. The predicted octanol–water partition coefficient (Wildman–Crippen LogP) is 0.00710. The Morgan fingerprint density at radius 3 is 2.81 bits per heavy atom. The van der Waals surface area contributed by atoms with Crippen molar-refractivity contribution in [2.75, 3.05) is 6.61 Å². The van der Waals surface area contributed by atoms with Crippen LogP contribution in [0, 0.1) is 5.92 Å². The third-order valence-electron chi connectivity index (χ3n) is 3.98. The Labute approximate surface area is 148 Å². The molecule has 0 radical (unpaired) electrons. The van der Waals surface area contributed by atoms with Crippen LogP contribution in [0.3, 0.4) is 0 Å². The number of ether oxygens (including phenoxy) is 1. The summed E-state index contributed by atoms with van der Waals surface area (Å²) in [5, 5.41) is 4.05. The first-order valence-electron chi connectivity index (χ1n) is 7.75. The largest absolute Gasteiger partial charge is 0.363 e. The van der Waals surface area contributed by atoms with Gasteiger partial charge in [-0.15, -0.1) is 5.10 Å². The summed E-state index contributed by atoms with van der Waals surface area (Å²) in [5.74, 6) is -1.51. The van der Waals surface area contributed by atoms with Crippen molar-refractivity contribution in [3.05, 3.63) is 42.5 Å². The van der Waals surface area contributed by atoms with Crippen LogP contribution in [0.25, 0.3) is 0 Å². The highest BCUT2D eigenvalue weighted by molar-refractivity contribution is 7.61. The molecule has 1 amide bonds. The highest BCUT2D eigenvalue weighted by Crippen LogP contribution is 2.42. The topological polar surface area (TPSA) is 147 Å². The SMILES string of the molecule is NC(=O)c1ncn([C@H]2CC(C=O)[C@@H](COP(=O)(O)c3ccccc3)O2)n1. The normalized spacial score (nSPS) is 24.9. The zero-order valence-corrected chi connectivity index (χ0v) is 14.4. The number of amides is 1. The van der Waals surface area contributed by atoms with E-state index in [1.54, 1.807) is 18.2 Å². The van der Waals surface area contributed by atoms with Crippen molar-refractivity contribution >= 4 is 25.1 Å². The number of hydrogen-bond acceptors (Lipinski definition) is 7. The quantitative estimate of drug-likeness (QED) is 0.504. The number of carbonyl (C=O) groups excluding carboxylic acids is 2. The monoisotopic (exact) mass is 380 g/mol. The van der Waals surface area contributed by atoms with Crippen LogP contribution in [0.4, 0.5) is 0 Å². The lowest BCUT2D eigenvalue weighted by molar-refractivity contribution is -0.113. The van der Waals surface area contributed by atoms with Crippen LogP contribution in [0.1, 0.15) is 23.3 Å². The molecule has 1 saturated heterocycles. The van der Waals surface area contributed by atoms with E-state index in [1.807, 2.05) is 0 Å². The molecule has 0 saturated carbocycles. The molecule has 2 unspecified atom stereocenters. The summed E-state index contributed by atoms with van der Waals surface area (Å²) < 4.78 is 24.5. The summed E-state index contributed by atoms with van der Waals surface area (Å²) >= 11 is 0. The molecule has 2 heterocycles. The van der Waals surface area contributed by atoms with Gasteiger partial charge in [0.2, 0.25) is 5.82 Å². The van der Waals surface area contributed by atoms with E-state index in [4.69, 9.17) is 15.0 Å². The second-order valence-electron chi connectivity index (χ2n) is 5.73. The van der Waals surface area contributed by atoms with Crippen molar-refractivity contribution in [2.45, 2.75) is 18.8 Å². The highest BCUT2D eigenvalue weighted by Gasteiger charge is 2.38. The van der Waals surface area contributed by atoms with E-state index < -0.39 is 31.8 Å². The molecule has 11 heteroatoms. The van der Waals surface area contributed by atoms with Crippen LogP contribution in [0.2, 0.25) is 0 Å². The van der Waals surface area contributed by atoms with E-state index in [0.717, 1.165) is 0 Å². The molecule has 1 aromatic carbocycles. The first-order chi connectivity index (χ1) is 12.4. The van der Waals surface area contributed by atoms with E-state index in [-0.39, 0.29) is 24.2 Å². The molecule has 1 aliphatic rings. The number of rotatable bonds is 7. The highest BCUT2D eigenvalue weighted by atomic mass is 31.2. The number of aromatic nitrogens is 3. The average molecular weight is 380 g/mol. The molecule has 26 heavy (non-hydrogen) atoms. The number of nitrogens with two attached hydrogens (primary N) is 1. The molecular formula is C15H17N4O6P. The van der Waals surface area contributed by atoms with Gasteiger partial charge in [0.05, 0.1) is 18.0 Å². The fraction of sp³-hybridized carbons (Fsp3) is 0.333. The number of aldehydes is 1. The summed E-state index contributed by atoms with van der Waals surface area (Å²) in [6, 6.07) is 7.93. The summed E-state index contributed by atoms with van der Waals surface area (Å²) in [6.07, 6.45) is 0.846. The first kappa shape index (κ1) is 18.4. The van der Waals surface area contributed by atoms with Gasteiger partial charge in [-0.05, 0) is 12.1 Å². The van der Waals surface area contributed by atoms with Crippen LogP contribution in [-0.4, -0.2) is 44.6 Å². The van der Waals surface area contributed by atoms with Gasteiger partial charge in [0, 0.05) is 12.3 Å². The van der Waals surface area contributed by atoms with Crippen molar-refractivity contribution in [2.24, 2.45) is 11.7 Å². The van der Waals surface area contributed by atoms with Gasteiger partial charge in [0.15, 0.2) is 6.23 Å². The van der Waals surface area contributed by atoms with Crippen LogP contribution < -0.4 is 11.0 Å². The lowest BCUT2D eigenvalue weighted by Crippen LogP contribution is -2.24. The Balaban J connectivity index is 1.67. The first-order valence-corrected chi connectivity index (χ1v) is 9.33. The Bertz CT molecular complexity index is 842. The van der Waals surface area contributed by atoms with Crippen LogP contribution in [-0.2, 0) is 18.6 Å². The van der Waals surface area contributed by atoms with Crippen molar-refractivity contribution < 1.29 is 28.3 Å². The summed E-state index contributed by atoms with van der Waals surface area (Å²) in [7, 11) is -4.03. The lowest BCUT2D eigenvalue weighted by atomic mass is 10.0. The van der Waals surface area contributed by atoms with E-state index in [1.165, 1.54) is 23.1 Å². The Kier molecular flexibility index (Phi) is 5.28. The second-order valence-corrected chi connectivity index (χ2v) is 7.54. The number of hydrogen-bond donors (Lipinski definition) is 2. The minimum absolute atomic E-state index is 0.152. The van der Waals surface area contributed by atoms with E-state index in [9.17, 15) is 19.0 Å². The molecule has 0 aliphatic carbocycles. The Morgan fingerprint density at radius 1 is 1.46 bits per heavy atom. The van der Waals surface area contributed by atoms with Gasteiger partial charge in [-0.2, -0.15) is 0 Å². The van der Waals surface area contributed by atoms with E-state index in [2.05, 4.69) is 10.1 Å². The maximum Gasteiger partial charge on any atom is 0.358 e. The Morgan fingerprint density at radius 2 is 2.19 bits per heavy atom. The lowest BCUT2D eigenvalue weighted by Gasteiger charge is -2.18. The van der Waals surface area contributed by atoms with Gasteiger partial charge in [-0.3, -0.25) is 9.36 Å². The molecule has 2 aromatic rings. The number of benzene rings is 1.